The van der Waals surface area contributed by atoms with E-state index in [1.165, 1.54) is 12.5 Å². The van der Waals surface area contributed by atoms with Gasteiger partial charge in [0.15, 0.2) is 0 Å². The van der Waals surface area contributed by atoms with E-state index >= 15 is 0 Å². The van der Waals surface area contributed by atoms with Crippen LogP contribution in [0.3, 0.4) is 0 Å². The highest BCUT2D eigenvalue weighted by Gasteiger charge is 2.23. The first-order valence-corrected chi connectivity index (χ1v) is 6.89. The number of piperidine rings is 1. The van der Waals surface area contributed by atoms with Gasteiger partial charge in [0.25, 0.3) is 0 Å². The number of hydrogen-bond acceptors (Lipinski definition) is 3. The summed E-state index contributed by atoms with van der Waals surface area (Å²) < 4.78 is 0.758. The highest BCUT2D eigenvalue weighted by Crippen LogP contribution is 2.37. The zero-order valence-electron chi connectivity index (χ0n) is 10.3. The predicted molar refractivity (Wildman–Crippen MR) is 76.2 cm³/mol. The van der Waals surface area contributed by atoms with Gasteiger partial charge < -0.3 is 15.7 Å². The number of nitrogens with zero attached hydrogens (tertiary/aromatic N) is 1. The van der Waals surface area contributed by atoms with E-state index in [0.29, 0.717) is 11.7 Å². The molecule has 1 atom stereocenters. The van der Waals surface area contributed by atoms with Gasteiger partial charge in [0.2, 0.25) is 0 Å². The normalized spacial score (nSPS) is 19.9. The molecule has 0 aromatic heterocycles. The molecular weight excluding hydrogens is 296 g/mol. The molecule has 1 aliphatic rings. The number of carboxylic acid groups (broad SMARTS) is 1. The molecule has 4 nitrogen and oxygen atoms in total. The lowest BCUT2D eigenvalue weighted by molar-refractivity contribution is 0.0697. The third-order valence-electron chi connectivity index (χ3n) is 3.43. The molecule has 1 saturated heterocycles. The molecule has 1 aromatic carbocycles. The average molecular weight is 313 g/mol. The maximum absolute atomic E-state index is 11.0. The van der Waals surface area contributed by atoms with Crippen LogP contribution in [-0.2, 0) is 0 Å². The van der Waals surface area contributed by atoms with Crippen LogP contribution in [0.15, 0.2) is 16.6 Å². The summed E-state index contributed by atoms with van der Waals surface area (Å²) in [5, 5.41) is 9.00. The molecule has 0 saturated carbocycles. The summed E-state index contributed by atoms with van der Waals surface area (Å²) in [7, 11) is 0. The number of aromatic carboxylic acids is 1. The molecule has 0 radical (unpaired) electrons. The van der Waals surface area contributed by atoms with Crippen LogP contribution in [0.4, 0.5) is 11.4 Å². The lowest BCUT2D eigenvalue weighted by Crippen LogP contribution is -2.38. The van der Waals surface area contributed by atoms with Crippen molar-refractivity contribution in [1.29, 1.82) is 0 Å². The Morgan fingerprint density at radius 3 is 2.78 bits per heavy atom. The van der Waals surface area contributed by atoms with E-state index in [1.807, 2.05) is 0 Å². The second kappa shape index (κ2) is 5.18. The maximum atomic E-state index is 11.0. The van der Waals surface area contributed by atoms with Crippen LogP contribution in [0.2, 0.25) is 0 Å². The smallest absolute Gasteiger partial charge is 0.335 e. The molecule has 18 heavy (non-hydrogen) atoms. The summed E-state index contributed by atoms with van der Waals surface area (Å²) >= 11 is 3.44. The molecule has 0 spiro atoms. The minimum atomic E-state index is -0.958. The van der Waals surface area contributed by atoms with Gasteiger partial charge in [0, 0.05) is 17.1 Å². The Hall–Kier alpha value is -1.23. The summed E-state index contributed by atoms with van der Waals surface area (Å²) in [6, 6.07) is 3.59. The van der Waals surface area contributed by atoms with Crippen molar-refractivity contribution < 1.29 is 9.90 Å². The fourth-order valence-electron chi connectivity index (χ4n) is 2.48. The molecular formula is C13H17BrN2O2. The summed E-state index contributed by atoms with van der Waals surface area (Å²) in [4.78, 5) is 13.2. The first kappa shape index (κ1) is 13.2. The third-order valence-corrected chi connectivity index (χ3v) is 4.03. The Kier molecular flexibility index (Phi) is 3.80. The van der Waals surface area contributed by atoms with Crippen molar-refractivity contribution in [2.24, 2.45) is 0 Å². The molecule has 2 rings (SSSR count). The second-order valence-corrected chi connectivity index (χ2v) is 5.59. The summed E-state index contributed by atoms with van der Waals surface area (Å²) in [5.74, 6) is -0.958. The Morgan fingerprint density at radius 2 is 2.22 bits per heavy atom. The number of hydrogen-bond donors (Lipinski definition) is 2. The van der Waals surface area contributed by atoms with Gasteiger partial charge in [-0.05, 0) is 54.2 Å². The molecule has 0 aliphatic carbocycles. The van der Waals surface area contributed by atoms with Crippen molar-refractivity contribution >= 4 is 33.3 Å². The van der Waals surface area contributed by atoms with Gasteiger partial charge in [-0.1, -0.05) is 0 Å². The fourth-order valence-corrected chi connectivity index (χ4v) is 3.18. The lowest BCUT2D eigenvalue weighted by Gasteiger charge is -2.36. The summed E-state index contributed by atoms with van der Waals surface area (Å²) in [6.45, 7) is 3.15. The van der Waals surface area contributed by atoms with Crippen molar-refractivity contribution in [3.63, 3.8) is 0 Å². The van der Waals surface area contributed by atoms with Crippen LogP contribution in [0, 0.1) is 0 Å². The number of carbonyl (C=O) groups is 1. The lowest BCUT2D eigenvalue weighted by atomic mass is 10.0. The van der Waals surface area contributed by atoms with E-state index in [2.05, 4.69) is 27.8 Å². The first-order chi connectivity index (χ1) is 8.50. The number of carboxylic acids is 1. The highest BCUT2D eigenvalue weighted by atomic mass is 79.9. The van der Waals surface area contributed by atoms with Crippen molar-refractivity contribution in [2.75, 3.05) is 17.2 Å². The quantitative estimate of drug-likeness (QED) is 0.823. The molecule has 0 unspecified atom stereocenters. The number of nitrogens with two attached hydrogens (primary N) is 1. The third kappa shape index (κ3) is 2.46. The zero-order valence-corrected chi connectivity index (χ0v) is 11.9. The largest absolute Gasteiger partial charge is 0.478 e. The number of halogens is 1. The van der Waals surface area contributed by atoms with Gasteiger partial charge in [-0.3, -0.25) is 0 Å². The fraction of sp³-hybridized carbons (Fsp3) is 0.462. The van der Waals surface area contributed by atoms with Gasteiger partial charge in [0.05, 0.1) is 16.9 Å². The summed E-state index contributed by atoms with van der Waals surface area (Å²) in [5.41, 5.74) is 7.68. The van der Waals surface area contributed by atoms with Crippen molar-refractivity contribution in [3.8, 4) is 0 Å². The predicted octanol–water partition coefficient (Wildman–Crippen LogP) is 3.11. The molecule has 1 aliphatic heterocycles. The SMILES string of the molecule is C[C@H]1CCCCN1c1c(N)cc(C(=O)O)cc1Br. The van der Waals surface area contributed by atoms with E-state index in [0.717, 1.165) is 29.5 Å². The molecule has 0 bridgehead atoms. The van der Waals surface area contributed by atoms with Crippen molar-refractivity contribution in [1.82, 2.24) is 0 Å². The second-order valence-electron chi connectivity index (χ2n) is 4.74. The van der Waals surface area contributed by atoms with E-state index in [1.54, 1.807) is 6.07 Å². The van der Waals surface area contributed by atoms with Gasteiger partial charge in [0.1, 0.15) is 0 Å². The van der Waals surface area contributed by atoms with Crippen LogP contribution in [0.1, 0.15) is 36.5 Å². The number of rotatable bonds is 2. The zero-order chi connectivity index (χ0) is 13.3. The van der Waals surface area contributed by atoms with Crippen molar-refractivity contribution in [2.45, 2.75) is 32.2 Å². The van der Waals surface area contributed by atoms with Gasteiger partial charge in [-0.15, -0.1) is 0 Å². The Bertz CT molecular complexity index is 453. The summed E-state index contributed by atoms with van der Waals surface area (Å²) in [6.07, 6.45) is 3.53. The number of benzene rings is 1. The van der Waals surface area contributed by atoms with Gasteiger partial charge >= 0.3 is 5.97 Å². The molecule has 0 amide bonds. The number of anilines is 2. The molecule has 5 heteroatoms. The topological polar surface area (TPSA) is 66.6 Å². The molecule has 3 N–H and O–H groups in total. The van der Waals surface area contributed by atoms with Crippen molar-refractivity contribution in [3.05, 3.63) is 22.2 Å². The first-order valence-electron chi connectivity index (χ1n) is 6.09. The minimum Gasteiger partial charge on any atom is -0.478 e. The molecule has 1 aromatic rings. The number of nitrogen functional groups attached to an aromatic ring is 1. The standard InChI is InChI=1S/C13H17BrN2O2/c1-8-4-2-3-5-16(8)12-10(14)6-9(13(17)18)7-11(12)15/h6-8H,2-5,15H2,1H3,(H,17,18)/t8-/m0/s1. The maximum Gasteiger partial charge on any atom is 0.335 e. The van der Waals surface area contributed by atoms with Crippen LogP contribution in [0.25, 0.3) is 0 Å². The molecule has 1 fully saturated rings. The van der Waals surface area contributed by atoms with E-state index in [4.69, 9.17) is 10.8 Å². The Balaban J connectivity index is 2.41. The van der Waals surface area contributed by atoms with Crippen LogP contribution in [-0.4, -0.2) is 23.7 Å². The highest BCUT2D eigenvalue weighted by molar-refractivity contribution is 9.10. The molecule has 1 heterocycles. The van der Waals surface area contributed by atoms with E-state index in [9.17, 15) is 4.79 Å². The Morgan fingerprint density at radius 1 is 1.50 bits per heavy atom. The van der Waals surface area contributed by atoms with Crippen LogP contribution in [0.5, 0.6) is 0 Å². The van der Waals surface area contributed by atoms with E-state index in [-0.39, 0.29) is 5.56 Å². The van der Waals surface area contributed by atoms with E-state index < -0.39 is 5.97 Å². The minimum absolute atomic E-state index is 0.216. The average Bonchev–Trinajstić information content (AvgIpc) is 2.30. The van der Waals surface area contributed by atoms with Gasteiger partial charge in [-0.2, -0.15) is 0 Å². The molecule has 98 valence electrons. The monoisotopic (exact) mass is 312 g/mol. The Labute approximate surface area is 115 Å². The van der Waals surface area contributed by atoms with Crippen LogP contribution >= 0.6 is 15.9 Å². The van der Waals surface area contributed by atoms with Gasteiger partial charge in [-0.25, -0.2) is 4.79 Å². The van der Waals surface area contributed by atoms with Crippen LogP contribution < -0.4 is 10.6 Å².